The van der Waals surface area contributed by atoms with Gasteiger partial charge in [0.05, 0.1) is 6.54 Å². The van der Waals surface area contributed by atoms with Crippen LogP contribution in [0.5, 0.6) is 0 Å². The maximum atomic E-state index is 12.3. The summed E-state index contributed by atoms with van der Waals surface area (Å²) in [5.74, 6) is 0.846. The predicted octanol–water partition coefficient (Wildman–Crippen LogP) is 2.08. The summed E-state index contributed by atoms with van der Waals surface area (Å²) >= 11 is 0. The van der Waals surface area contributed by atoms with Gasteiger partial charge in [-0.25, -0.2) is 0 Å². The Kier molecular flexibility index (Phi) is 3.61. The Hall–Kier alpha value is -1.83. The molecule has 1 atom stereocenters. The maximum Gasteiger partial charge on any atom is 0.418 e. The first-order valence-electron chi connectivity index (χ1n) is 5.62. The van der Waals surface area contributed by atoms with Crippen LogP contribution in [0.3, 0.4) is 0 Å². The van der Waals surface area contributed by atoms with Crippen LogP contribution >= 0.6 is 0 Å². The fourth-order valence-electron chi connectivity index (χ4n) is 1.57. The average Bonchev–Trinajstić information content (AvgIpc) is 2.96. The number of alkyl halides is 3. The number of nitrogens with zero attached hydrogens (tertiary/aromatic N) is 3. The Bertz CT molecular complexity index is 547. The number of aliphatic hydroxyl groups is 1. The van der Waals surface area contributed by atoms with E-state index in [1.165, 1.54) is 23.0 Å². The SMILES string of the molecule is CCc1nc(Cn2ccc(C(O)C(F)(F)F)c2)no1. The number of rotatable bonds is 4. The number of aryl methyl sites for hydroxylation is 1. The fraction of sp³-hybridized carbons (Fsp3) is 0.455. The van der Waals surface area contributed by atoms with E-state index in [1.807, 2.05) is 6.92 Å². The summed E-state index contributed by atoms with van der Waals surface area (Å²) in [6.07, 6.45) is -3.93. The van der Waals surface area contributed by atoms with E-state index in [4.69, 9.17) is 9.63 Å². The summed E-state index contributed by atoms with van der Waals surface area (Å²) in [7, 11) is 0. The van der Waals surface area contributed by atoms with Gasteiger partial charge in [-0.05, 0) is 6.07 Å². The van der Waals surface area contributed by atoms with Crippen molar-refractivity contribution in [3.8, 4) is 0 Å². The molecule has 0 bridgehead atoms. The third-order valence-corrected chi connectivity index (χ3v) is 2.54. The lowest BCUT2D eigenvalue weighted by Gasteiger charge is -2.12. The molecule has 2 heterocycles. The normalized spacial score (nSPS) is 13.7. The molecule has 2 aromatic heterocycles. The minimum atomic E-state index is -4.67. The molecule has 0 radical (unpaired) electrons. The Morgan fingerprint density at radius 1 is 1.47 bits per heavy atom. The predicted molar refractivity (Wildman–Crippen MR) is 58.2 cm³/mol. The molecular weight excluding hydrogens is 263 g/mol. The smallest absolute Gasteiger partial charge is 0.379 e. The summed E-state index contributed by atoms with van der Waals surface area (Å²) < 4.78 is 43.3. The lowest BCUT2D eigenvalue weighted by Crippen LogP contribution is -2.19. The van der Waals surface area contributed by atoms with Crippen molar-refractivity contribution < 1.29 is 22.8 Å². The highest BCUT2D eigenvalue weighted by atomic mass is 19.4. The van der Waals surface area contributed by atoms with Gasteiger partial charge in [-0.15, -0.1) is 0 Å². The second-order valence-electron chi connectivity index (χ2n) is 4.02. The van der Waals surface area contributed by atoms with Crippen molar-refractivity contribution in [1.82, 2.24) is 14.7 Å². The van der Waals surface area contributed by atoms with Crippen LogP contribution in [0.2, 0.25) is 0 Å². The molecule has 1 unspecified atom stereocenters. The first-order valence-corrected chi connectivity index (χ1v) is 5.62. The van der Waals surface area contributed by atoms with Gasteiger partial charge in [0.1, 0.15) is 0 Å². The van der Waals surface area contributed by atoms with E-state index >= 15 is 0 Å². The van der Waals surface area contributed by atoms with Gasteiger partial charge in [0.25, 0.3) is 0 Å². The quantitative estimate of drug-likeness (QED) is 0.927. The van der Waals surface area contributed by atoms with E-state index in [0.29, 0.717) is 18.1 Å². The highest BCUT2D eigenvalue weighted by molar-refractivity contribution is 5.15. The van der Waals surface area contributed by atoms with Gasteiger partial charge in [-0.3, -0.25) is 0 Å². The summed E-state index contributed by atoms with van der Waals surface area (Å²) in [5.41, 5.74) is -0.216. The van der Waals surface area contributed by atoms with E-state index in [1.54, 1.807) is 0 Å². The average molecular weight is 275 g/mol. The second-order valence-corrected chi connectivity index (χ2v) is 4.02. The van der Waals surface area contributed by atoms with E-state index in [2.05, 4.69) is 10.1 Å². The van der Waals surface area contributed by atoms with Gasteiger partial charge in [-0.2, -0.15) is 18.2 Å². The Morgan fingerprint density at radius 2 is 2.21 bits per heavy atom. The van der Waals surface area contributed by atoms with Gasteiger partial charge in [0.15, 0.2) is 11.9 Å². The minimum absolute atomic E-state index is 0.189. The van der Waals surface area contributed by atoms with E-state index in [9.17, 15) is 13.2 Å². The van der Waals surface area contributed by atoms with Crippen molar-refractivity contribution in [3.63, 3.8) is 0 Å². The molecule has 0 aliphatic rings. The zero-order chi connectivity index (χ0) is 14.0. The van der Waals surface area contributed by atoms with E-state index in [0.717, 1.165) is 0 Å². The highest BCUT2D eigenvalue weighted by Crippen LogP contribution is 2.32. The molecular formula is C11H12F3N3O2. The van der Waals surface area contributed by atoms with E-state index < -0.39 is 12.3 Å². The second kappa shape index (κ2) is 5.04. The van der Waals surface area contributed by atoms with Crippen molar-refractivity contribution >= 4 is 0 Å². The topological polar surface area (TPSA) is 64.1 Å². The van der Waals surface area contributed by atoms with Crippen LogP contribution in [0.15, 0.2) is 23.0 Å². The van der Waals surface area contributed by atoms with Gasteiger partial charge in [-0.1, -0.05) is 12.1 Å². The molecule has 0 spiro atoms. The van der Waals surface area contributed by atoms with Crippen LogP contribution in [-0.2, 0) is 13.0 Å². The van der Waals surface area contributed by atoms with Gasteiger partial charge in [0, 0.05) is 24.4 Å². The molecule has 0 saturated heterocycles. The molecule has 0 saturated carbocycles. The molecule has 0 fully saturated rings. The van der Waals surface area contributed by atoms with Gasteiger partial charge in [0.2, 0.25) is 5.89 Å². The first kappa shape index (κ1) is 13.6. The molecule has 104 valence electrons. The van der Waals surface area contributed by atoms with Crippen LogP contribution in [0, 0.1) is 0 Å². The summed E-state index contributed by atoms with van der Waals surface area (Å²) in [6, 6.07) is 1.21. The molecule has 0 amide bonds. The number of aromatic nitrogens is 3. The molecule has 1 N–H and O–H groups in total. The van der Waals surface area contributed by atoms with Crippen LogP contribution in [0.25, 0.3) is 0 Å². The van der Waals surface area contributed by atoms with Crippen molar-refractivity contribution in [1.29, 1.82) is 0 Å². The summed E-state index contributed by atoms with van der Waals surface area (Å²) in [6.45, 7) is 2.04. The molecule has 19 heavy (non-hydrogen) atoms. The molecule has 8 heteroatoms. The van der Waals surface area contributed by atoms with Crippen molar-refractivity contribution in [2.75, 3.05) is 0 Å². The van der Waals surface area contributed by atoms with Gasteiger partial charge < -0.3 is 14.2 Å². The van der Waals surface area contributed by atoms with Crippen molar-refractivity contribution in [3.05, 3.63) is 35.7 Å². The summed E-state index contributed by atoms with van der Waals surface area (Å²) in [5, 5.41) is 12.8. The highest BCUT2D eigenvalue weighted by Gasteiger charge is 2.39. The van der Waals surface area contributed by atoms with Crippen LogP contribution in [0.1, 0.15) is 30.3 Å². The zero-order valence-corrected chi connectivity index (χ0v) is 10.1. The van der Waals surface area contributed by atoms with Crippen molar-refractivity contribution in [2.45, 2.75) is 32.2 Å². The molecule has 0 aromatic carbocycles. The Labute approximate surface area is 106 Å². The monoisotopic (exact) mass is 275 g/mol. The number of hydrogen-bond donors (Lipinski definition) is 1. The molecule has 2 rings (SSSR count). The third-order valence-electron chi connectivity index (χ3n) is 2.54. The van der Waals surface area contributed by atoms with Crippen LogP contribution < -0.4 is 0 Å². The largest absolute Gasteiger partial charge is 0.418 e. The molecule has 2 aromatic rings. The van der Waals surface area contributed by atoms with Crippen molar-refractivity contribution in [2.24, 2.45) is 0 Å². The lowest BCUT2D eigenvalue weighted by molar-refractivity contribution is -0.206. The van der Waals surface area contributed by atoms with Crippen LogP contribution in [-0.4, -0.2) is 26.0 Å². The maximum absolute atomic E-state index is 12.3. The number of hydrogen-bond acceptors (Lipinski definition) is 4. The standard InChI is InChI=1S/C11H12F3N3O2/c1-2-9-15-8(16-19-9)6-17-4-3-7(5-17)10(18)11(12,13)14/h3-5,10,18H,2,6H2,1H3. The Morgan fingerprint density at radius 3 is 2.79 bits per heavy atom. The third kappa shape index (κ3) is 3.14. The molecule has 0 aliphatic carbocycles. The number of aliphatic hydroxyl groups excluding tert-OH is 1. The molecule has 0 aliphatic heterocycles. The zero-order valence-electron chi connectivity index (χ0n) is 10.1. The molecule has 5 nitrogen and oxygen atoms in total. The minimum Gasteiger partial charge on any atom is -0.379 e. The Balaban J connectivity index is 2.09. The van der Waals surface area contributed by atoms with E-state index in [-0.39, 0.29) is 12.1 Å². The fourth-order valence-corrected chi connectivity index (χ4v) is 1.57. The lowest BCUT2D eigenvalue weighted by atomic mass is 10.2. The van der Waals surface area contributed by atoms with Crippen LogP contribution in [0.4, 0.5) is 13.2 Å². The van der Waals surface area contributed by atoms with Gasteiger partial charge >= 0.3 is 6.18 Å². The first-order chi connectivity index (χ1) is 8.90. The summed E-state index contributed by atoms with van der Waals surface area (Å²) in [4.78, 5) is 4.04. The number of halogens is 3.